The lowest BCUT2D eigenvalue weighted by molar-refractivity contribution is -0.144. The molecular formula is C13H7ClF4N4O2. The van der Waals surface area contributed by atoms with Gasteiger partial charge in [-0.3, -0.25) is 14.5 Å². The molecule has 2 heterocycles. The molecule has 2 aromatic heterocycles. The average molecular weight is 363 g/mol. The second-order valence-electron chi connectivity index (χ2n) is 4.91. The number of halogens is 5. The van der Waals surface area contributed by atoms with E-state index in [1.54, 1.807) is 0 Å². The van der Waals surface area contributed by atoms with Crippen LogP contribution in [0.1, 0.15) is 5.69 Å². The van der Waals surface area contributed by atoms with E-state index in [0.29, 0.717) is 4.57 Å². The van der Waals surface area contributed by atoms with Gasteiger partial charge in [0.2, 0.25) is 0 Å². The van der Waals surface area contributed by atoms with Crippen LogP contribution in [0.15, 0.2) is 27.8 Å². The Morgan fingerprint density at radius 1 is 1.21 bits per heavy atom. The van der Waals surface area contributed by atoms with E-state index in [1.807, 2.05) is 0 Å². The minimum atomic E-state index is -4.90. The van der Waals surface area contributed by atoms with Gasteiger partial charge in [-0.2, -0.15) is 18.3 Å². The van der Waals surface area contributed by atoms with Gasteiger partial charge >= 0.3 is 11.9 Å². The lowest BCUT2D eigenvalue weighted by atomic mass is 10.2. The van der Waals surface area contributed by atoms with Crippen molar-refractivity contribution in [3.8, 4) is 5.69 Å². The fourth-order valence-electron chi connectivity index (χ4n) is 2.29. The number of rotatable bonds is 1. The lowest BCUT2D eigenvalue weighted by Crippen LogP contribution is -2.41. The molecule has 0 aliphatic heterocycles. The molecule has 0 saturated heterocycles. The summed E-state index contributed by atoms with van der Waals surface area (Å²) in [5, 5.41) is 6.27. The van der Waals surface area contributed by atoms with E-state index in [4.69, 9.17) is 11.6 Å². The highest BCUT2D eigenvalue weighted by molar-refractivity contribution is 6.34. The first-order valence-corrected chi connectivity index (χ1v) is 6.73. The zero-order valence-electron chi connectivity index (χ0n) is 11.8. The number of H-pyrrole nitrogens is 1. The smallest absolute Gasteiger partial charge is 0.292 e. The number of aromatic amines is 1. The van der Waals surface area contributed by atoms with Crippen LogP contribution in [0.2, 0.25) is 5.15 Å². The van der Waals surface area contributed by atoms with E-state index in [-0.39, 0.29) is 26.7 Å². The molecule has 0 radical (unpaired) electrons. The van der Waals surface area contributed by atoms with Crippen molar-refractivity contribution in [3.05, 3.63) is 55.7 Å². The van der Waals surface area contributed by atoms with Crippen molar-refractivity contribution in [2.75, 3.05) is 0 Å². The molecule has 0 aliphatic carbocycles. The minimum Gasteiger partial charge on any atom is -0.292 e. The predicted molar refractivity (Wildman–Crippen MR) is 76.9 cm³/mol. The van der Waals surface area contributed by atoms with E-state index >= 15 is 0 Å². The van der Waals surface area contributed by atoms with Crippen molar-refractivity contribution in [1.82, 2.24) is 19.3 Å². The van der Waals surface area contributed by atoms with Crippen LogP contribution in [0.25, 0.3) is 16.6 Å². The SMILES string of the molecule is Cn1c(C(F)(F)F)cc(=O)n(-c2cc3[nH]nc(Cl)c3cc2F)c1=O. The maximum Gasteiger partial charge on any atom is 0.431 e. The van der Waals surface area contributed by atoms with Crippen LogP contribution >= 0.6 is 11.6 Å². The largest absolute Gasteiger partial charge is 0.431 e. The third kappa shape index (κ3) is 2.39. The molecule has 0 amide bonds. The first-order chi connectivity index (χ1) is 11.1. The fraction of sp³-hybridized carbons (Fsp3) is 0.154. The highest BCUT2D eigenvalue weighted by Crippen LogP contribution is 2.28. The van der Waals surface area contributed by atoms with Crippen LogP contribution < -0.4 is 11.2 Å². The Labute approximate surface area is 134 Å². The Morgan fingerprint density at radius 2 is 1.88 bits per heavy atom. The molecule has 0 aliphatic rings. The van der Waals surface area contributed by atoms with Gasteiger partial charge in [-0.25, -0.2) is 13.8 Å². The number of nitrogens with one attached hydrogen (secondary N) is 1. The second-order valence-corrected chi connectivity index (χ2v) is 5.26. The van der Waals surface area contributed by atoms with Crippen molar-refractivity contribution in [3.63, 3.8) is 0 Å². The molecule has 0 unspecified atom stereocenters. The monoisotopic (exact) mass is 362 g/mol. The molecule has 24 heavy (non-hydrogen) atoms. The van der Waals surface area contributed by atoms with Gasteiger partial charge in [0.05, 0.1) is 11.2 Å². The number of hydrogen-bond acceptors (Lipinski definition) is 3. The third-order valence-corrected chi connectivity index (χ3v) is 3.72. The molecule has 0 saturated carbocycles. The topological polar surface area (TPSA) is 72.7 Å². The van der Waals surface area contributed by atoms with E-state index in [2.05, 4.69) is 10.2 Å². The Hall–Kier alpha value is -2.62. The lowest BCUT2D eigenvalue weighted by Gasteiger charge is -2.14. The molecule has 1 N–H and O–H groups in total. The van der Waals surface area contributed by atoms with Gasteiger partial charge in [0, 0.05) is 18.5 Å². The van der Waals surface area contributed by atoms with Gasteiger partial charge < -0.3 is 0 Å². The number of fused-ring (bicyclic) bond motifs is 1. The van der Waals surface area contributed by atoms with E-state index < -0.39 is 34.6 Å². The molecule has 11 heteroatoms. The Balaban J connectivity index is 2.36. The fourth-order valence-corrected chi connectivity index (χ4v) is 2.48. The molecule has 126 valence electrons. The second kappa shape index (κ2) is 5.20. The van der Waals surface area contributed by atoms with Crippen LogP contribution in [0, 0.1) is 5.82 Å². The molecular weight excluding hydrogens is 356 g/mol. The number of alkyl halides is 3. The Morgan fingerprint density at radius 3 is 2.50 bits per heavy atom. The van der Waals surface area contributed by atoms with Crippen molar-refractivity contribution in [2.24, 2.45) is 7.05 Å². The number of nitrogens with zero attached hydrogens (tertiary/aromatic N) is 3. The highest BCUT2D eigenvalue weighted by Gasteiger charge is 2.35. The van der Waals surface area contributed by atoms with Gasteiger partial charge in [0.15, 0.2) is 5.15 Å². The van der Waals surface area contributed by atoms with E-state index in [9.17, 15) is 27.2 Å². The summed E-state index contributed by atoms with van der Waals surface area (Å²) in [6.07, 6.45) is -4.90. The van der Waals surface area contributed by atoms with Crippen molar-refractivity contribution in [2.45, 2.75) is 6.18 Å². The molecule has 3 aromatic rings. The molecule has 0 bridgehead atoms. The zero-order chi connectivity index (χ0) is 17.8. The number of aromatic nitrogens is 4. The van der Waals surface area contributed by atoms with Crippen LogP contribution in [0.3, 0.4) is 0 Å². The van der Waals surface area contributed by atoms with Gasteiger partial charge in [-0.15, -0.1) is 0 Å². The first-order valence-electron chi connectivity index (χ1n) is 6.35. The summed E-state index contributed by atoms with van der Waals surface area (Å²) in [4.78, 5) is 24.1. The van der Waals surface area contributed by atoms with Gasteiger partial charge in [0.1, 0.15) is 11.5 Å². The molecule has 0 fully saturated rings. The summed E-state index contributed by atoms with van der Waals surface area (Å²) in [6, 6.07) is 2.23. The normalized spacial score (nSPS) is 12.1. The van der Waals surface area contributed by atoms with Gasteiger partial charge in [-0.05, 0) is 12.1 Å². The average Bonchev–Trinajstić information content (AvgIpc) is 2.83. The van der Waals surface area contributed by atoms with Crippen LogP contribution in [-0.4, -0.2) is 19.3 Å². The quantitative estimate of drug-likeness (QED) is 0.675. The molecule has 6 nitrogen and oxygen atoms in total. The predicted octanol–water partition coefficient (Wildman–Crippen LogP) is 2.22. The molecule has 0 atom stereocenters. The first kappa shape index (κ1) is 16.2. The summed E-state index contributed by atoms with van der Waals surface area (Å²) < 4.78 is 53.3. The van der Waals surface area contributed by atoms with Crippen LogP contribution in [0.5, 0.6) is 0 Å². The summed E-state index contributed by atoms with van der Waals surface area (Å²) in [5.41, 5.74) is -4.37. The maximum atomic E-state index is 14.3. The highest BCUT2D eigenvalue weighted by atomic mass is 35.5. The Kier molecular flexibility index (Phi) is 3.52. The third-order valence-electron chi connectivity index (χ3n) is 3.44. The molecule has 1 aromatic carbocycles. The molecule has 0 spiro atoms. The van der Waals surface area contributed by atoms with Crippen molar-refractivity contribution >= 4 is 22.5 Å². The minimum absolute atomic E-state index is 0.0249. The summed E-state index contributed by atoms with van der Waals surface area (Å²) in [6.45, 7) is 0. The Bertz CT molecular complexity index is 1080. The van der Waals surface area contributed by atoms with Gasteiger partial charge in [-0.1, -0.05) is 11.6 Å². The zero-order valence-corrected chi connectivity index (χ0v) is 12.5. The summed E-state index contributed by atoms with van der Waals surface area (Å²) in [5.74, 6) is -1.01. The maximum absolute atomic E-state index is 14.3. The van der Waals surface area contributed by atoms with Crippen LogP contribution in [0.4, 0.5) is 17.6 Å². The standard InChI is InChI=1S/C13H7ClF4N4O2/c1-21-9(13(16,17)18)4-10(23)22(12(21)24)8-3-7-5(2-6(8)15)11(14)20-19-7/h2-4H,1H3,(H,19,20). The van der Waals surface area contributed by atoms with E-state index in [0.717, 1.165) is 19.2 Å². The number of benzene rings is 1. The summed E-state index contributed by atoms with van der Waals surface area (Å²) in [7, 11) is 0.838. The summed E-state index contributed by atoms with van der Waals surface area (Å²) >= 11 is 5.73. The van der Waals surface area contributed by atoms with Crippen molar-refractivity contribution in [1.29, 1.82) is 0 Å². The molecule has 3 rings (SSSR count). The van der Waals surface area contributed by atoms with Crippen LogP contribution in [-0.2, 0) is 13.2 Å². The van der Waals surface area contributed by atoms with Gasteiger partial charge in [0.25, 0.3) is 5.56 Å². The number of hydrogen-bond donors (Lipinski definition) is 1. The van der Waals surface area contributed by atoms with Crippen molar-refractivity contribution < 1.29 is 17.6 Å². The van der Waals surface area contributed by atoms with E-state index in [1.165, 1.54) is 0 Å².